The fourth-order valence-electron chi connectivity index (χ4n) is 1.73. The smallest absolute Gasteiger partial charge is 0.382 e. The molecule has 0 saturated carbocycles. The van der Waals surface area contributed by atoms with Crippen LogP contribution in [0.3, 0.4) is 0 Å². The van der Waals surface area contributed by atoms with E-state index >= 15 is 0 Å². The van der Waals surface area contributed by atoms with Gasteiger partial charge in [0.25, 0.3) is 0 Å². The van der Waals surface area contributed by atoms with Crippen LogP contribution >= 0.6 is 11.3 Å². The summed E-state index contributed by atoms with van der Waals surface area (Å²) >= 11 is 1.27. The highest BCUT2D eigenvalue weighted by Crippen LogP contribution is 2.27. The second-order valence-electron chi connectivity index (χ2n) is 5.47. The minimum atomic E-state index is -4.75. The molecule has 0 unspecified atom stereocenters. The van der Waals surface area contributed by atoms with Crippen LogP contribution in [0.2, 0.25) is 0 Å². The number of amides is 2. The van der Waals surface area contributed by atoms with Crippen molar-refractivity contribution in [2.45, 2.75) is 39.5 Å². The number of hydrogen-bond donors (Lipinski definition) is 2. The van der Waals surface area contributed by atoms with E-state index in [1.54, 1.807) is 6.92 Å². The van der Waals surface area contributed by atoms with Crippen molar-refractivity contribution >= 4 is 22.4 Å². The fourth-order valence-corrected chi connectivity index (χ4v) is 2.57. The Bertz CT molecular complexity index is 517. The third-order valence-corrected chi connectivity index (χ3v) is 3.73. The highest BCUT2D eigenvalue weighted by molar-refractivity contribution is 7.16. The zero-order valence-corrected chi connectivity index (χ0v) is 13.7. The monoisotopic (exact) mass is 339 g/mol. The maximum Gasteiger partial charge on any atom is 0.416 e. The van der Waals surface area contributed by atoms with Gasteiger partial charge < -0.3 is 10.0 Å². The number of aliphatic hydroxyl groups is 1. The van der Waals surface area contributed by atoms with Crippen LogP contribution in [0.4, 0.5) is 23.0 Å². The normalized spacial score (nSPS) is 13.3. The minimum Gasteiger partial charge on any atom is -0.382 e. The molecule has 0 aliphatic heterocycles. The Morgan fingerprint density at radius 1 is 1.45 bits per heavy atom. The Labute approximate surface area is 131 Å². The summed E-state index contributed by atoms with van der Waals surface area (Å²) < 4.78 is 36.9. The third kappa shape index (κ3) is 5.45. The predicted molar refractivity (Wildman–Crippen MR) is 79.1 cm³/mol. The number of nitrogens with zero attached hydrogens (tertiary/aromatic N) is 2. The number of nitrogens with one attached hydrogen (secondary N) is 1. The number of hydrogen-bond acceptors (Lipinski definition) is 4. The average Bonchev–Trinajstić information content (AvgIpc) is 2.66. The van der Waals surface area contributed by atoms with Crippen LogP contribution in [-0.2, 0) is 6.42 Å². The third-order valence-electron chi connectivity index (χ3n) is 2.80. The van der Waals surface area contributed by atoms with Gasteiger partial charge in [0, 0.05) is 7.05 Å². The van der Waals surface area contributed by atoms with E-state index < -0.39 is 24.9 Å². The molecular formula is C13H20F3N3O2S. The van der Waals surface area contributed by atoms with Crippen LogP contribution < -0.4 is 5.32 Å². The van der Waals surface area contributed by atoms with Gasteiger partial charge in [-0.1, -0.05) is 13.8 Å². The first kappa shape index (κ1) is 18.7. The molecule has 5 nitrogen and oxygen atoms in total. The molecule has 1 aromatic rings. The molecule has 0 aromatic carbocycles. The first-order valence-corrected chi connectivity index (χ1v) is 7.55. The van der Waals surface area contributed by atoms with E-state index in [-0.39, 0.29) is 0 Å². The number of urea groups is 1. The number of carbonyl (C=O) groups excluding carboxylic acids is 1. The van der Waals surface area contributed by atoms with Gasteiger partial charge in [0.05, 0.1) is 17.2 Å². The Hall–Kier alpha value is -1.35. The lowest BCUT2D eigenvalue weighted by Gasteiger charge is -2.22. The summed E-state index contributed by atoms with van der Waals surface area (Å²) in [7, 11) is 1.19. The maximum absolute atomic E-state index is 12.3. The average molecular weight is 339 g/mol. The SMILES string of the molecule is Cc1nc(CC(C)C)c(NC(=O)N(C)C[C@H](O)C(F)(F)F)s1. The Kier molecular flexibility index (Phi) is 6.18. The van der Waals surface area contributed by atoms with Gasteiger partial charge in [0.1, 0.15) is 5.00 Å². The first-order chi connectivity index (χ1) is 10.0. The van der Waals surface area contributed by atoms with Crippen molar-refractivity contribution in [3.8, 4) is 0 Å². The predicted octanol–water partition coefficient (Wildman–Crippen LogP) is 3.04. The van der Waals surface area contributed by atoms with Crippen LogP contribution in [0.15, 0.2) is 0 Å². The molecule has 1 aromatic heterocycles. The van der Waals surface area contributed by atoms with Crippen molar-refractivity contribution in [1.82, 2.24) is 9.88 Å². The molecule has 22 heavy (non-hydrogen) atoms. The molecule has 1 heterocycles. The zero-order chi connectivity index (χ0) is 17.1. The summed E-state index contributed by atoms with van der Waals surface area (Å²) in [5, 5.41) is 12.8. The standard InChI is InChI=1S/C13H20F3N3O2S/c1-7(2)5-9-11(22-8(3)17-9)18-12(21)19(4)6-10(20)13(14,15)16/h7,10,20H,5-6H2,1-4H3,(H,18,21)/t10-/m0/s1. The first-order valence-electron chi connectivity index (χ1n) is 6.74. The van der Waals surface area contributed by atoms with Crippen LogP contribution in [0.5, 0.6) is 0 Å². The van der Waals surface area contributed by atoms with Crippen molar-refractivity contribution < 1.29 is 23.1 Å². The van der Waals surface area contributed by atoms with Crippen LogP contribution in [0, 0.1) is 12.8 Å². The molecule has 1 rings (SSSR count). The summed E-state index contributed by atoms with van der Waals surface area (Å²) in [6.45, 7) is 4.98. The second kappa shape index (κ2) is 7.28. The molecule has 0 saturated heterocycles. The van der Waals surface area contributed by atoms with E-state index in [2.05, 4.69) is 10.3 Å². The lowest BCUT2D eigenvalue weighted by atomic mass is 10.1. The number of alkyl halides is 3. The summed E-state index contributed by atoms with van der Waals surface area (Å²) in [6.07, 6.45) is -6.66. The quantitative estimate of drug-likeness (QED) is 0.866. The van der Waals surface area contributed by atoms with E-state index in [9.17, 15) is 18.0 Å². The summed E-state index contributed by atoms with van der Waals surface area (Å²) in [6, 6.07) is -0.711. The van der Waals surface area contributed by atoms with Crippen LogP contribution in [-0.4, -0.2) is 46.9 Å². The van der Waals surface area contributed by atoms with Gasteiger partial charge in [-0.2, -0.15) is 13.2 Å². The molecule has 9 heteroatoms. The highest BCUT2D eigenvalue weighted by atomic mass is 32.1. The minimum absolute atomic E-state index is 0.335. The van der Waals surface area contributed by atoms with Crippen molar-refractivity contribution in [1.29, 1.82) is 0 Å². The number of aromatic nitrogens is 1. The van der Waals surface area contributed by atoms with Crippen LogP contribution in [0.1, 0.15) is 24.5 Å². The second-order valence-corrected chi connectivity index (χ2v) is 6.68. The van der Waals surface area contributed by atoms with Crippen LogP contribution in [0.25, 0.3) is 0 Å². The molecule has 0 fully saturated rings. The van der Waals surface area contributed by atoms with Gasteiger partial charge in [-0.05, 0) is 19.3 Å². The topological polar surface area (TPSA) is 65.5 Å². The van der Waals surface area contributed by atoms with Gasteiger partial charge in [-0.15, -0.1) is 11.3 Å². The number of halogens is 3. The summed E-state index contributed by atoms with van der Waals surface area (Å²) in [4.78, 5) is 17.1. The number of likely N-dealkylation sites (N-methyl/N-ethyl adjacent to an activating group) is 1. The Morgan fingerprint density at radius 2 is 2.05 bits per heavy atom. The van der Waals surface area contributed by atoms with E-state index in [4.69, 9.17) is 5.11 Å². The summed E-state index contributed by atoms with van der Waals surface area (Å²) in [5.41, 5.74) is 0.718. The van der Waals surface area contributed by atoms with Crippen molar-refractivity contribution in [2.24, 2.45) is 5.92 Å². The molecule has 126 valence electrons. The van der Waals surface area contributed by atoms with Crippen molar-refractivity contribution in [3.63, 3.8) is 0 Å². The van der Waals surface area contributed by atoms with Gasteiger partial charge in [0.15, 0.2) is 6.10 Å². The molecule has 1 atom stereocenters. The molecule has 0 radical (unpaired) electrons. The van der Waals surface area contributed by atoms with E-state index in [0.717, 1.165) is 15.6 Å². The zero-order valence-electron chi connectivity index (χ0n) is 12.9. The Morgan fingerprint density at radius 3 is 2.55 bits per heavy atom. The van der Waals surface area contributed by atoms with Gasteiger partial charge in [0.2, 0.25) is 0 Å². The Balaban J connectivity index is 2.72. The molecule has 2 amide bonds. The maximum atomic E-state index is 12.3. The molecule has 0 aliphatic rings. The summed E-state index contributed by atoms with van der Waals surface area (Å²) in [5.74, 6) is 0.335. The molecule has 2 N–H and O–H groups in total. The van der Waals surface area contributed by atoms with Gasteiger partial charge in [-0.3, -0.25) is 5.32 Å². The number of aliphatic hydroxyl groups excluding tert-OH is 1. The lowest BCUT2D eigenvalue weighted by Crippen LogP contribution is -2.43. The largest absolute Gasteiger partial charge is 0.416 e. The van der Waals surface area contributed by atoms with Gasteiger partial charge in [-0.25, -0.2) is 9.78 Å². The highest BCUT2D eigenvalue weighted by Gasteiger charge is 2.39. The van der Waals surface area contributed by atoms with E-state index in [0.29, 0.717) is 17.3 Å². The molecule has 0 aliphatic carbocycles. The molecule has 0 spiro atoms. The van der Waals surface area contributed by atoms with Gasteiger partial charge >= 0.3 is 12.2 Å². The molecule has 0 bridgehead atoms. The van der Waals surface area contributed by atoms with E-state index in [1.165, 1.54) is 18.4 Å². The van der Waals surface area contributed by atoms with Crippen molar-refractivity contribution in [3.05, 3.63) is 10.7 Å². The fraction of sp³-hybridized carbons (Fsp3) is 0.692. The lowest BCUT2D eigenvalue weighted by molar-refractivity contribution is -0.205. The molecular weight excluding hydrogens is 319 g/mol. The number of aryl methyl sites for hydroxylation is 1. The number of thiazole rings is 1. The van der Waals surface area contributed by atoms with Crippen molar-refractivity contribution in [2.75, 3.05) is 18.9 Å². The number of anilines is 1. The number of rotatable bonds is 5. The number of carbonyl (C=O) groups is 1. The van der Waals surface area contributed by atoms with E-state index in [1.807, 2.05) is 13.8 Å².